The van der Waals surface area contributed by atoms with Crippen LogP contribution in [0.25, 0.3) is 16.7 Å². The van der Waals surface area contributed by atoms with Gasteiger partial charge >= 0.3 is 0 Å². The molecule has 5 nitrogen and oxygen atoms in total. The standard InChI is InChI=1S/C27H27F2N3O2/c1-17(33)32-9-10-34-26-8-7-19(11-20(26)16-32)22-6-4-3-5-18-12-23(21-14-30-31(2)15-21)25(27(28)29)13-24(18)22/h6-8,11-15,27H,3-5,9-10,16H2,1-2H3. The summed E-state index contributed by atoms with van der Waals surface area (Å²) >= 11 is 0. The van der Waals surface area contributed by atoms with E-state index in [0.717, 1.165) is 52.8 Å². The second kappa shape index (κ2) is 9.05. The molecule has 0 saturated heterocycles. The first kappa shape index (κ1) is 22.3. The normalized spacial score (nSPS) is 15.7. The number of rotatable bonds is 3. The Bertz CT molecular complexity index is 1280. The van der Waals surface area contributed by atoms with E-state index in [1.807, 2.05) is 24.3 Å². The van der Waals surface area contributed by atoms with Crippen molar-refractivity contribution in [2.45, 2.75) is 39.2 Å². The molecule has 0 saturated carbocycles. The summed E-state index contributed by atoms with van der Waals surface area (Å²) < 4.78 is 35.9. The Labute approximate surface area is 197 Å². The molecule has 0 atom stereocenters. The number of hydrogen-bond donors (Lipinski definition) is 0. The molecule has 1 aliphatic heterocycles. The van der Waals surface area contributed by atoms with Crippen molar-refractivity contribution in [2.24, 2.45) is 7.05 Å². The molecule has 2 aromatic carbocycles. The van der Waals surface area contributed by atoms with Crippen molar-refractivity contribution < 1.29 is 18.3 Å². The summed E-state index contributed by atoms with van der Waals surface area (Å²) in [7, 11) is 1.78. The predicted octanol–water partition coefficient (Wildman–Crippen LogP) is 5.53. The molecular formula is C27H27F2N3O2. The van der Waals surface area contributed by atoms with Gasteiger partial charge in [-0.05, 0) is 71.4 Å². The van der Waals surface area contributed by atoms with Crippen LogP contribution in [0.1, 0.15) is 54.0 Å². The van der Waals surface area contributed by atoms with Gasteiger partial charge in [0.05, 0.1) is 12.7 Å². The van der Waals surface area contributed by atoms with Gasteiger partial charge in [-0.2, -0.15) is 5.10 Å². The highest BCUT2D eigenvalue weighted by atomic mass is 19.3. The summed E-state index contributed by atoms with van der Waals surface area (Å²) in [5, 5.41) is 4.17. The van der Waals surface area contributed by atoms with Crippen LogP contribution in [-0.2, 0) is 24.8 Å². The van der Waals surface area contributed by atoms with E-state index < -0.39 is 6.43 Å². The van der Waals surface area contributed by atoms with Crippen molar-refractivity contribution >= 4 is 11.5 Å². The van der Waals surface area contributed by atoms with Crippen LogP contribution in [-0.4, -0.2) is 33.7 Å². The SMILES string of the molecule is CC(=O)N1CCOc2ccc(C3=CCCCc4cc(-c5cnn(C)c5)c(C(F)F)cc43)cc2C1. The third-order valence-electron chi connectivity index (χ3n) is 6.61. The molecule has 0 spiro atoms. The number of nitrogens with zero attached hydrogens (tertiary/aromatic N) is 3. The Kier molecular flexibility index (Phi) is 5.94. The molecule has 0 N–H and O–H groups in total. The molecule has 34 heavy (non-hydrogen) atoms. The van der Waals surface area contributed by atoms with Gasteiger partial charge in [0.25, 0.3) is 6.43 Å². The van der Waals surface area contributed by atoms with Gasteiger partial charge in [-0.25, -0.2) is 8.78 Å². The Morgan fingerprint density at radius 2 is 1.97 bits per heavy atom. The van der Waals surface area contributed by atoms with Crippen LogP contribution in [0, 0.1) is 0 Å². The fourth-order valence-corrected chi connectivity index (χ4v) is 4.86. The minimum Gasteiger partial charge on any atom is -0.491 e. The number of aryl methyl sites for hydroxylation is 2. The Balaban J connectivity index is 1.61. The predicted molar refractivity (Wildman–Crippen MR) is 127 cm³/mol. The molecule has 2 aliphatic rings. The largest absolute Gasteiger partial charge is 0.491 e. The van der Waals surface area contributed by atoms with Crippen LogP contribution in [0.5, 0.6) is 5.75 Å². The van der Waals surface area contributed by atoms with E-state index in [0.29, 0.717) is 30.8 Å². The monoisotopic (exact) mass is 463 g/mol. The summed E-state index contributed by atoms with van der Waals surface area (Å²) in [6.45, 7) is 3.03. The van der Waals surface area contributed by atoms with Crippen LogP contribution in [0.15, 0.2) is 48.8 Å². The van der Waals surface area contributed by atoms with Crippen molar-refractivity contribution in [1.29, 1.82) is 0 Å². The van der Waals surface area contributed by atoms with Crippen LogP contribution in [0.4, 0.5) is 8.78 Å². The van der Waals surface area contributed by atoms with Crippen molar-refractivity contribution in [3.63, 3.8) is 0 Å². The number of halogens is 2. The second-order valence-corrected chi connectivity index (χ2v) is 8.92. The Hall–Kier alpha value is -3.48. The highest BCUT2D eigenvalue weighted by molar-refractivity contribution is 5.85. The molecule has 1 amide bonds. The second-order valence-electron chi connectivity index (χ2n) is 8.92. The first-order valence-electron chi connectivity index (χ1n) is 11.6. The van der Waals surface area contributed by atoms with E-state index in [1.165, 1.54) is 0 Å². The third kappa shape index (κ3) is 4.22. The maximum absolute atomic E-state index is 14.2. The number of ether oxygens (including phenoxy) is 1. The van der Waals surface area contributed by atoms with E-state index in [9.17, 15) is 13.6 Å². The minimum atomic E-state index is -2.60. The highest BCUT2D eigenvalue weighted by Crippen LogP contribution is 2.40. The lowest BCUT2D eigenvalue weighted by molar-refractivity contribution is -0.129. The number of carbonyl (C=O) groups is 1. The van der Waals surface area contributed by atoms with Gasteiger partial charge in [-0.15, -0.1) is 0 Å². The number of benzene rings is 2. The molecule has 1 aliphatic carbocycles. The zero-order chi connectivity index (χ0) is 23.8. The first-order valence-corrected chi connectivity index (χ1v) is 11.6. The molecule has 0 unspecified atom stereocenters. The number of hydrogen-bond acceptors (Lipinski definition) is 3. The molecule has 176 valence electrons. The number of carbonyl (C=O) groups excluding carboxylic acids is 1. The van der Waals surface area contributed by atoms with Gasteiger partial charge in [-0.1, -0.05) is 12.1 Å². The lowest BCUT2D eigenvalue weighted by Crippen LogP contribution is -2.30. The average Bonchev–Trinajstić information content (AvgIpc) is 3.01. The van der Waals surface area contributed by atoms with E-state index in [4.69, 9.17) is 4.74 Å². The zero-order valence-corrected chi connectivity index (χ0v) is 19.4. The molecule has 1 aromatic heterocycles. The summed E-state index contributed by atoms with van der Waals surface area (Å²) in [4.78, 5) is 13.8. The quantitative estimate of drug-likeness (QED) is 0.513. The number of fused-ring (bicyclic) bond motifs is 2. The maximum Gasteiger partial charge on any atom is 0.264 e. The Morgan fingerprint density at radius 1 is 1.12 bits per heavy atom. The van der Waals surface area contributed by atoms with E-state index in [1.54, 1.807) is 42.0 Å². The van der Waals surface area contributed by atoms with Gasteiger partial charge in [0.15, 0.2) is 0 Å². The van der Waals surface area contributed by atoms with Crippen molar-refractivity contribution in [2.75, 3.05) is 13.2 Å². The van der Waals surface area contributed by atoms with Gasteiger partial charge in [0.2, 0.25) is 5.91 Å². The van der Waals surface area contributed by atoms with Crippen molar-refractivity contribution in [3.8, 4) is 16.9 Å². The first-order chi connectivity index (χ1) is 16.4. The molecule has 7 heteroatoms. The van der Waals surface area contributed by atoms with E-state index in [2.05, 4.69) is 11.2 Å². The molecule has 0 radical (unpaired) electrons. The number of allylic oxidation sites excluding steroid dienone is 1. The highest BCUT2D eigenvalue weighted by Gasteiger charge is 2.23. The Morgan fingerprint density at radius 3 is 2.71 bits per heavy atom. The van der Waals surface area contributed by atoms with E-state index >= 15 is 0 Å². The van der Waals surface area contributed by atoms with Crippen LogP contribution in [0.2, 0.25) is 0 Å². The van der Waals surface area contributed by atoms with Crippen LogP contribution < -0.4 is 4.74 Å². The van der Waals surface area contributed by atoms with E-state index in [-0.39, 0.29) is 11.5 Å². The van der Waals surface area contributed by atoms with Crippen LogP contribution >= 0.6 is 0 Å². The zero-order valence-electron chi connectivity index (χ0n) is 19.4. The number of aromatic nitrogens is 2. The molecule has 2 heterocycles. The fraction of sp³-hybridized carbons (Fsp3) is 0.333. The molecular weight excluding hydrogens is 436 g/mol. The van der Waals surface area contributed by atoms with Gasteiger partial charge < -0.3 is 9.64 Å². The average molecular weight is 464 g/mol. The van der Waals surface area contributed by atoms with Crippen LogP contribution in [0.3, 0.4) is 0 Å². The number of amides is 1. The van der Waals surface area contributed by atoms with Crippen molar-refractivity contribution in [1.82, 2.24) is 14.7 Å². The minimum absolute atomic E-state index is 0.00499. The van der Waals surface area contributed by atoms with Gasteiger partial charge in [0.1, 0.15) is 12.4 Å². The third-order valence-corrected chi connectivity index (χ3v) is 6.61. The lowest BCUT2D eigenvalue weighted by atomic mass is 9.88. The summed E-state index contributed by atoms with van der Waals surface area (Å²) in [6.07, 6.45) is 5.58. The smallest absolute Gasteiger partial charge is 0.264 e. The topological polar surface area (TPSA) is 47.4 Å². The molecule has 5 rings (SSSR count). The molecule has 0 fully saturated rings. The maximum atomic E-state index is 14.2. The van der Waals surface area contributed by atoms with Gasteiger partial charge in [0, 0.05) is 43.4 Å². The summed E-state index contributed by atoms with van der Waals surface area (Å²) in [5.74, 6) is 0.771. The van der Waals surface area contributed by atoms with Gasteiger partial charge in [-0.3, -0.25) is 9.48 Å². The fourth-order valence-electron chi connectivity index (χ4n) is 4.86. The number of alkyl halides is 2. The van der Waals surface area contributed by atoms with Crippen molar-refractivity contribution in [3.05, 3.63) is 76.6 Å². The molecule has 0 bridgehead atoms. The molecule has 3 aromatic rings. The lowest BCUT2D eigenvalue weighted by Gasteiger charge is -2.19. The summed E-state index contributed by atoms with van der Waals surface area (Å²) in [6, 6.07) is 9.52. The summed E-state index contributed by atoms with van der Waals surface area (Å²) in [5.41, 5.74) is 5.98.